The number of hydrogen-bond donors (Lipinski definition) is 0. The Morgan fingerprint density at radius 2 is 1.48 bits per heavy atom. The third-order valence-corrected chi connectivity index (χ3v) is 6.89. The molecule has 0 aliphatic heterocycles. The zero-order valence-electron chi connectivity index (χ0n) is 14.3. The summed E-state index contributed by atoms with van der Waals surface area (Å²) in [4.78, 5) is 11.7. The van der Waals surface area contributed by atoms with E-state index in [1.165, 1.54) is 44.6 Å². The van der Waals surface area contributed by atoms with Crippen LogP contribution >= 0.6 is 0 Å². The summed E-state index contributed by atoms with van der Waals surface area (Å²) in [5, 5.41) is 0. The SMILES string of the molecule is C=CCC(CC=C)(COC(=O)C=C)C12CC3CC(CC(C3)C1)C2. The Hall–Kier alpha value is -1.31. The van der Waals surface area contributed by atoms with Crippen molar-refractivity contribution in [1.29, 1.82) is 0 Å². The predicted molar refractivity (Wildman–Crippen MR) is 93.8 cm³/mol. The summed E-state index contributed by atoms with van der Waals surface area (Å²) in [6.07, 6.45) is 15.3. The zero-order valence-corrected chi connectivity index (χ0v) is 14.3. The van der Waals surface area contributed by atoms with Crippen LogP contribution in [0, 0.1) is 28.6 Å². The molecular weight excluding hydrogens is 284 g/mol. The first-order valence-electron chi connectivity index (χ1n) is 9.07. The Balaban J connectivity index is 1.92. The Bertz CT molecular complexity index is 457. The molecule has 0 heterocycles. The third kappa shape index (κ3) is 2.81. The lowest BCUT2D eigenvalue weighted by Gasteiger charge is -2.63. The van der Waals surface area contributed by atoms with Crippen LogP contribution in [0.3, 0.4) is 0 Å². The van der Waals surface area contributed by atoms with E-state index in [1.54, 1.807) is 0 Å². The van der Waals surface area contributed by atoms with Crippen molar-refractivity contribution in [1.82, 2.24) is 0 Å². The van der Waals surface area contributed by atoms with Gasteiger partial charge in [-0.25, -0.2) is 4.79 Å². The minimum Gasteiger partial charge on any atom is -0.462 e. The third-order valence-electron chi connectivity index (χ3n) is 6.89. The van der Waals surface area contributed by atoms with Crippen LogP contribution in [0.2, 0.25) is 0 Å². The molecule has 4 bridgehead atoms. The van der Waals surface area contributed by atoms with Crippen molar-refractivity contribution < 1.29 is 9.53 Å². The van der Waals surface area contributed by atoms with Gasteiger partial charge in [-0.2, -0.15) is 0 Å². The number of carbonyl (C=O) groups excluding carboxylic acids is 1. The number of ether oxygens (including phenoxy) is 1. The first-order valence-corrected chi connectivity index (χ1v) is 9.07. The lowest BCUT2D eigenvalue weighted by Crippen LogP contribution is -2.56. The lowest BCUT2D eigenvalue weighted by atomic mass is 9.41. The fourth-order valence-electron chi connectivity index (χ4n) is 6.37. The summed E-state index contributed by atoms with van der Waals surface area (Å²) in [5.41, 5.74) is 0.261. The lowest BCUT2D eigenvalue weighted by molar-refractivity contribution is -0.166. The van der Waals surface area contributed by atoms with E-state index in [-0.39, 0.29) is 11.4 Å². The van der Waals surface area contributed by atoms with Crippen molar-refractivity contribution >= 4 is 5.97 Å². The summed E-state index contributed by atoms with van der Waals surface area (Å²) >= 11 is 0. The number of esters is 1. The van der Waals surface area contributed by atoms with Crippen LogP contribution in [0.5, 0.6) is 0 Å². The van der Waals surface area contributed by atoms with Gasteiger partial charge in [0.1, 0.15) is 0 Å². The molecule has 4 saturated carbocycles. The van der Waals surface area contributed by atoms with E-state index >= 15 is 0 Å². The molecular formula is C21H30O2. The highest BCUT2D eigenvalue weighted by Gasteiger charge is 2.59. The molecule has 0 spiro atoms. The molecule has 0 unspecified atom stereocenters. The first-order chi connectivity index (χ1) is 11.1. The highest BCUT2D eigenvalue weighted by Crippen LogP contribution is 2.67. The molecule has 4 fully saturated rings. The van der Waals surface area contributed by atoms with Crippen LogP contribution in [0.4, 0.5) is 0 Å². The van der Waals surface area contributed by atoms with Crippen molar-refractivity contribution in [3.8, 4) is 0 Å². The summed E-state index contributed by atoms with van der Waals surface area (Å²) in [5.74, 6) is 2.33. The number of allylic oxidation sites excluding steroid dienone is 2. The van der Waals surface area contributed by atoms with Gasteiger partial charge in [0.15, 0.2) is 0 Å². The van der Waals surface area contributed by atoms with Crippen LogP contribution in [0.25, 0.3) is 0 Å². The van der Waals surface area contributed by atoms with E-state index in [2.05, 4.69) is 19.7 Å². The molecule has 4 aliphatic carbocycles. The summed E-state index contributed by atoms with van der Waals surface area (Å²) < 4.78 is 5.60. The second-order valence-corrected chi connectivity index (χ2v) is 8.28. The standard InChI is InChI=1S/C21H30O2/c1-4-7-20(8-5-2,15-23-19(22)6-3)21-12-16-9-17(13-21)11-18(10-16)14-21/h4-6,16-18H,1-3,7-15H2. The second-order valence-electron chi connectivity index (χ2n) is 8.28. The van der Waals surface area contributed by atoms with Gasteiger partial charge in [0.05, 0.1) is 6.61 Å². The van der Waals surface area contributed by atoms with Crippen molar-refractivity contribution in [2.45, 2.75) is 51.4 Å². The summed E-state index contributed by atoms with van der Waals surface area (Å²) in [6.45, 7) is 12.0. The predicted octanol–water partition coefficient (Wildman–Crippen LogP) is 5.07. The monoisotopic (exact) mass is 314 g/mol. The summed E-state index contributed by atoms with van der Waals surface area (Å²) in [7, 11) is 0. The Labute approximate surface area is 140 Å². The van der Waals surface area contributed by atoms with Crippen molar-refractivity contribution in [2.75, 3.05) is 6.61 Å². The topological polar surface area (TPSA) is 26.3 Å². The molecule has 0 radical (unpaired) electrons. The van der Waals surface area contributed by atoms with Crippen LogP contribution in [-0.4, -0.2) is 12.6 Å². The maximum Gasteiger partial charge on any atom is 0.330 e. The van der Waals surface area contributed by atoms with Gasteiger partial charge >= 0.3 is 5.97 Å². The number of rotatable bonds is 8. The average Bonchev–Trinajstić information content (AvgIpc) is 2.51. The molecule has 0 saturated heterocycles. The molecule has 4 aliphatic rings. The van der Waals surface area contributed by atoms with Gasteiger partial charge in [0, 0.05) is 11.5 Å². The molecule has 0 N–H and O–H groups in total. The maximum atomic E-state index is 11.7. The molecule has 0 atom stereocenters. The van der Waals surface area contributed by atoms with E-state index in [1.807, 2.05) is 12.2 Å². The van der Waals surface area contributed by atoms with Crippen molar-refractivity contribution in [2.24, 2.45) is 28.6 Å². The molecule has 23 heavy (non-hydrogen) atoms. The van der Waals surface area contributed by atoms with E-state index in [0.717, 1.165) is 30.6 Å². The first kappa shape index (κ1) is 16.5. The number of hydrogen-bond acceptors (Lipinski definition) is 2. The largest absolute Gasteiger partial charge is 0.462 e. The van der Waals surface area contributed by atoms with Crippen molar-refractivity contribution in [3.05, 3.63) is 38.0 Å². The van der Waals surface area contributed by atoms with Gasteiger partial charge in [-0.15, -0.1) is 13.2 Å². The van der Waals surface area contributed by atoms with E-state index in [4.69, 9.17) is 4.74 Å². The minimum atomic E-state index is -0.313. The molecule has 4 rings (SSSR count). The summed E-state index contributed by atoms with van der Waals surface area (Å²) in [6, 6.07) is 0. The molecule has 2 heteroatoms. The highest BCUT2D eigenvalue weighted by atomic mass is 16.5. The van der Waals surface area contributed by atoms with Gasteiger partial charge in [0.25, 0.3) is 0 Å². The van der Waals surface area contributed by atoms with Gasteiger partial charge < -0.3 is 4.74 Å². The molecule has 2 nitrogen and oxygen atoms in total. The molecule has 0 aromatic carbocycles. The van der Waals surface area contributed by atoms with E-state index in [0.29, 0.717) is 12.0 Å². The molecule has 126 valence electrons. The zero-order chi connectivity index (χ0) is 16.5. The van der Waals surface area contributed by atoms with Crippen LogP contribution in [-0.2, 0) is 9.53 Å². The maximum absolute atomic E-state index is 11.7. The van der Waals surface area contributed by atoms with E-state index < -0.39 is 0 Å². The Morgan fingerprint density at radius 3 is 1.87 bits per heavy atom. The van der Waals surface area contributed by atoms with E-state index in [9.17, 15) is 4.79 Å². The number of carbonyl (C=O) groups is 1. The Kier molecular flexibility index (Phi) is 4.53. The minimum absolute atomic E-state index is 0.0365. The van der Waals surface area contributed by atoms with Gasteiger partial charge in [-0.1, -0.05) is 18.7 Å². The molecule has 0 aromatic rings. The van der Waals surface area contributed by atoms with Gasteiger partial charge in [0.2, 0.25) is 0 Å². The second kappa shape index (κ2) is 6.30. The normalized spacial score (nSPS) is 34.9. The van der Waals surface area contributed by atoms with Crippen LogP contribution in [0.1, 0.15) is 51.4 Å². The molecule has 0 aromatic heterocycles. The molecule has 0 amide bonds. The average molecular weight is 314 g/mol. The van der Waals surface area contributed by atoms with Crippen LogP contribution < -0.4 is 0 Å². The van der Waals surface area contributed by atoms with Gasteiger partial charge in [-0.3, -0.25) is 0 Å². The fourth-order valence-corrected chi connectivity index (χ4v) is 6.37. The Morgan fingerprint density at radius 1 is 1.00 bits per heavy atom. The van der Waals surface area contributed by atoms with Crippen molar-refractivity contribution in [3.63, 3.8) is 0 Å². The smallest absolute Gasteiger partial charge is 0.330 e. The van der Waals surface area contributed by atoms with Gasteiger partial charge in [-0.05, 0) is 74.5 Å². The quantitative estimate of drug-likeness (QED) is 0.355. The van der Waals surface area contributed by atoms with Crippen LogP contribution in [0.15, 0.2) is 38.0 Å². The highest BCUT2D eigenvalue weighted by molar-refractivity contribution is 5.81. The fraction of sp³-hybridized carbons (Fsp3) is 0.667.